The van der Waals surface area contributed by atoms with E-state index in [9.17, 15) is 0 Å². The third-order valence-corrected chi connectivity index (χ3v) is 13.4. The molecule has 0 aliphatic carbocycles. The zero-order valence-corrected chi connectivity index (χ0v) is 30.1. The van der Waals surface area contributed by atoms with Crippen LogP contribution in [0.15, 0.2) is 168 Å². The fraction of sp³-hybridized carbons (Fsp3) is 0.0417. The predicted octanol–water partition coefficient (Wildman–Crippen LogP) is 13.7. The normalized spacial score (nSPS) is 15.1. The molecule has 5 heteroatoms. The maximum Gasteiger partial charge on any atom is 0.230 e. The highest BCUT2D eigenvalue weighted by molar-refractivity contribution is 7.27. The fourth-order valence-electron chi connectivity index (χ4n) is 8.77. The lowest BCUT2D eigenvalue weighted by atomic mass is 9.95. The van der Waals surface area contributed by atoms with Gasteiger partial charge >= 0.3 is 0 Å². The Hall–Kier alpha value is -6.14. The number of aromatic nitrogens is 1. The van der Waals surface area contributed by atoms with Gasteiger partial charge in [-0.2, -0.15) is 0 Å². The van der Waals surface area contributed by atoms with Crippen LogP contribution in [0.25, 0.3) is 83.7 Å². The number of benzene rings is 8. The van der Waals surface area contributed by atoms with Crippen LogP contribution in [0.1, 0.15) is 23.6 Å². The standard InChI is InChI=1S/C48H29N3S2/c1-2-13-29(14-3-1)36-27-37(31-23-22-28-12-4-5-15-30(28)26-31)50-48(49-36)51-38-19-9-6-16-32(38)45-46(51)35-24-25-41-42(33-17-7-10-20-39(33)52-41)43(35)44-34-18-8-11-21-40(34)53-47(44)45/h1-26,37H,27H2. The lowest BCUT2D eigenvalue weighted by molar-refractivity contribution is 0.747. The van der Waals surface area contributed by atoms with Gasteiger partial charge in [-0.25, -0.2) is 9.98 Å². The van der Waals surface area contributed by atoms with Crippen LogP contribution in [-0.2, 0) is 0 Å². The van der Waals surface area contributed by atoms with Gasteiger partial charge in [-0.15, -0.1) is 22.7 Å². The summed E-state index contributed by atoms with van der Waals surface area (Å²) in [5.74, 6) is 0.733. The summed E-state index contributed by atoms with van der Waals surface area (Å²) in [7, 11) is 0. The third kappa shape index (κ3) is 4.26. The molecule has 4 heterocycles. The first kappa shape index (κ1) is 29.4. The van der Waals surface area contributed by atoms with Crippen molar-refractivity contribution < 1.29 is 0 Å². The van der Waals surface area contributed by atoms with Crippen molar-refractivity contribution in [2.24, 2.45) is 9.98 Å². The van der Waals surface area contributed by atoms with Crippen LogP contribution < -0.4 is 0 Å². The highest BCUT2D eigenvalue weighted by atomic mass is 32.1. The molecule has 1 unspecified atom stereocenters. The molecule has 1 aliphatic heterocycles. The van der Waals surface area contributed by atoms with Crippen LogP contribution in [0, 0.1) is 0 Å². The molecule has 1 aliphatic rings. The molecule has 0 bridgehead atoms. The second-order valence-corrected chi connectivity index (χ2v) is 16.2. The molecule has 0 saturated carbocycles. The van der Waals surface area contributed by atoms with E-state index >= 15 is 0 Å². The van der Waals surface area contributed by atoms with Gasteiger partial charge in [-0.1, -0.05) is 127 Å². The largest absolute Gasteiger partial charge is 0.278 e. The summed E-state index contributed by atoms with van der Waals surface area (Å²) in [5.41, 5.74) is 5.69. The first-order valence-corrected chi connectivity index (χ1v) is 19.7. The molecule has 0 spiro atoms. The molecule has 3 nitrogen and oxygen atoms in total. The number of para-hydroxylation sites is 1. The molecular formula is C48H29N3S2. The van der Waals surface area contributed by atoms with Crippen LogP contribution in [-0.4, -0.2) is 16.2 Å². The molecule has 248 valence electrons. The van der Waals surface area contributed by atoms with E-state index < -0.39 is 0 Å². The van der Waals surface area contributed by atoms with E-state index in [0.29, 0.717) is 0 Å². The Morgan fingerprint density at radius 2 is 1.21 bits per heavy atom. The Morgan fingerprint density at radius 3 is 2.06 bits per heavy atom. The van der Waals surface area contributed by atoms with Crippen LogP contribution in [0.2, 0.25) is 0 Å². The Labute approximate surface area is 312 Å². The summed E-state index contributed by atoms with van der Waals surface area (Å²) in [6.07, 6.45) is 0.728. The van der Waals surface area contributed by atoms with Gasteiger partial charge in [-0.3, -0.25) is 4.57 Å². The first-order chi connectivity index (χ1) is 26.3. The maximum absolute atomic E-state index is 5.61. The number of hydrogen-bond acceptors (Lipinski definition) is 4. The summed E-state index contributed by atoms with van der Waals surface area (Å²) >= 11 is 3.79. The Kier molecular flexibility index (Phi) is 6.21. The van der Waals surface area contributed by atoms with Crippen LogP contribution >= 0.6 is 22.7 Å². The van der Waals surface area contributed by atoms with Crippen molar-refractivity contribution in [2.75, 3.05) is 0 Å². The molecule has 53 heavy (non-hydrogen) atoms. The smallest absolute Gasteiger partial charge is 0.230 e. The molecule has 1 atom stereocenters. The van der Waals surface area contributed by atoms with E-state index in [2.05, 4.69) is 162 Å². The van der Waals surface area contributed by atoms with Crippen LogP contribution in [0.3, 0.4) is 0 Å². The molecule has 0 amide bonds. The lowest BCUT2D eigenvalue weighted by Gasteiger charge is -2.23. The molecule has 8 aromatic carbocycles. The number of aliphatic imine (C=N–C) groups is 2. The van der Waals surface area contributed by atoms with Crippen molar-refractivity contribution in [3.8, 4) is 0 Å². The first-order valence-electron chi connectivity index (χ1n) is 18.1. The SMILES string of the molecule is c1ccc(C2=NC(n3c4ccccc4c4c5sc6ccccc6c5c5c(ccc6sc7ccccc7c65)c43)=NC(c3ccc4ccccc4c3)C2)cc1. The molecule has 0 radical (unpaired) electrons. The number of nitrogens with zero attached hydrogens (tertiary/aromatic N) is 3. The molecule has 0 fully saturated rings. The number of hydrogen-bond donors (Lipinski definition) is 0. The Morgan fingerprint density at radius 1 is 0.509 bits per heavy atom. The van der Waals surface area contributed by atoms with Crippen molar-refractivity contribution in [1.82, 2.24) is 4.57 Å². The number of fused-ring (bicyclic) bond motifs is 15. The fourth-order valence-corrected chi connectivity index (χ4v) is 11.2. The van der Waals surface area contributed by atoms with Crippen molar-refractivity contribution >= 4 is 118 Å². The molecule has 3 aromatic heterocycles. The van der Waals surface area contributed by atoms with Crippen molar-refractivity contribution in [3.63, 3.8) is 0 Å². The Balaban J connectivity index is 1.26. The summed E-state index contributed by atoms with van der Waals surface area (Å²) in [4.78, 5) is 11.1. The third-order valence-electron chi connectivity index (χ3n) is 11.1. The van der Waals surface area contributed by atoms with Crippen molar-refractivity contribution in [1.29, 1.82) is 0 Å². The summed E-state index contributed by atoms with van der Waals surface area (Å²) < 4.78 is 7.64. The van der Waals surface area contributed by atoms with Gasteiger partial charge in [0.25, 0.3) is 0 Å². The van der Waals surface area contributed by atoms with Gasteiger partial charge in [0, 0.05) is 68.3 Å². The minimum absolute atomic E-state index is 0.0923. The molecule has 0 N–H and O–H groups in total. The molecule has 0 saturated heterocycles. The van der Waals surface area contributed by atoms with E-state index in [4.69, 9.17) is 9.98 Å². The Bertz CT molecular complexity index is 3380. The molecule has 12 rings (SSSR count). The van der Waals surface area contributed by atoms with E-state index in [1.54, 1.807) is 0 Å². The monoisotopic (exact) mass is 711 g/mol. The van der Waals surface area contributed by atoms with E-state index in [1.807, 2.05) is 22.7 Å². The lowest BCUT2D eigenvalue weighted by Crippen LogP contribution is -2.21. The molecule has 11 aromatic rings. The summed E-state index contributed by atoms with van der Waals surface area (Å²) in [6, 6.07) is 57.3. The van der Waals surface area contributed by atoms with Gasteiger partial charge in [0.15, 0.2) is 0 Å². The van der Waals surface area contributed by atoms with Gasteiger partial charge < -0.3 is 0 Å². The van der Waals surface area contributed by atoms with E-state index in [-0.39, 0.29) is 6.04 Å². The highest BCUT2D eigenvalue weighted by Crippen LogP contribution is 2.51. The summed E-state index contributed by atoms with van der Waals surface area (Å²) in [6.45, 7) is 0. The minimum atomic E-state index is -0.0923. The average molecular weight is 712 g/mol. The number of thiophene rings is 2. The van der Waals surface area contributed by atoms with Gasteiger partial charge in [0.05, 0.1) is 22.8 Å². The highest BCUT2D eigenvalue weighted by Gasteiger charge is 2.28. The van der Waals surface area contributed by atoms with Gasteiger partial charge in [0.1, 0.15) is 0 Å². The van der Waals surface area contributed by atoms with Gasteiger partial charge in [0.2, 0.25) is 5.96 Å². The topological polar surface area (TPSA) is 29.6 Å². The molecular weight excluding hydrogens is 683 g/mol. The quantitative estimate of drug-likeness (QED) is 0.171. The van der Waals surface area contributed by atoms with Crippen molar-refractivity contribution in [2.45, 2.75) is 12.5 Å². The zero-order chi connectivity index (χ0) is 34.6. The van der Waals surface area contributed by atoms with Gasteiger partial charge in [-0.05, 0) is 52.2 Å². The van der Waals surface area contributed by atoms with Crippen LogP contribution in [0.4, 0.5) is 0 Å². The van der Waals surface area contributed by atoms with Crippen LogP contribution in [0.5, 0.6) is 0 Å². The zero-order valence-electron chi connectivity index (χ0n) is 28.5. The second-order valence-electron chi connectivity index (χ2n) is 14.0. The van der Waals surface area contributed by atoms with Crippen molar-refractivity contribution in [3.05, 3.63) is 169 Å². The predicted molar refractivity (Wildman–Crippen MR) is 230 cm³/mol. The number of rotatable bonds is 2. The van der Waals surface area contributed by atoms with E-state index in [1.165, 1.54) is 83.7 Å². The van der Waals surface area contributed by atoms with E-state index in [0.717, 1.165) is 29.2 Å². The second kappa shape index (κ2) is 11.2. The minimum Gasteiger partial charge on any atom is -0.278 e. The maximum atomic E-state index is 5.61. The average Bonchev–Trinajstić information content (AvgIpc) is 3.91. The summed E-state index contributed by atoms with van der Waals surface area (Å²) in [5, 5.41) is 12.8.